The monoisotopic (exact) mass is 801 g/mol. The van der Waals surface area contributed by atoms with E-state index in [1.165, 1.54) is 180 Å². The van der Waals surface area contributed by atoms with Crippen molar-refractivity contribution in [2.75, 3.05) is 26.4 Å². The molecule has 6 atom stereocenters. The van der Waals surface area contributed by atoms with Gasteiger partial charge in [0.25, 0.3) is 0 Å². The van der Waals surface area contributed by atoms with Gasteiger partial charge in [-0.05, 0) is 12.8 Å². The minimum Gasteiger partial charge on any atom is -0.457 e. The summed E-state index contributed by atoms with van der Waals surface area (Å²) >= 11 is 0. The molecule has 0 radical (unpaired) electrons. The maximum atomic E-state index is 12.8. The largest absolute Gasteiger partial charge is 0.457 e. The first-order valence-electron chi connectivity index (χ1n) is 24.1. The van der Waals surface area contributed by atoms with Gasteiger partial charge in [0.2, 0.25) is 0 Å². The molecule has 0 aromatic carbocycles. The van der Waals surface area contributed by atoms with Crippen LogP contribution < -0.4 is 0 Å². The van der Waals surface area contributed by atoms with E-state index in [1.807, 2.05) is 0 Å². The number of carbonyl (C=O) groups is 1. The van der Waals surface area contributed by atoms with Crippen LogP contribution in [0.25, 0.3) is 0 Å². The van der Waals surface area contributed by atoms with E-state index in [2.05, 4.69) is 13.8 Å². The zero-order valence-corrected chi connectivity index (χ0v) is 36.7. The van der Waals surface area contributed by atoms with Gasteiger partial charge in [-0.1, -0.05) is 213 Å². The standard InChI is InChI=1S/C47H92O9/c1-3-5-7-9-11-13-15-17-19-21-23-25-27-29-31-33-35-37-53-39-41(40-54-47-46(52)45(51)44(50)42(38-48)56-47)55-43(49)36-34-32-30-28-26-24-22-20-18-16-14-12-10-8-6-4-2/h41-42,44-48,50-52H,3-40H2,1-2H3. The van der Waals surface area contributed by atoms with E-state index in [9.17, 15) is 25.2 Å². The first-order valence-corrected chi connectivity index (χ1v) is 24.1. The Bertz CT molecular complexity index is 827. The summed E-state index contributed by atoms with van der Waals surface area (Å²) in [6, 6.07) is 0. The molecule has 334 valence electrons. The maximum Gasteiger partial charge on any atom is 0.306 e. The van der Waals surface area contributed by atoms with Gasteiger partial charge >= 0.3 is 5.97 Å². The predicted octanol–water partition coefficient (Wildman–Crippen LogP) is 11.0. The summed E-state index contributed by atoms with van der Waals surface area (Å²) in [5.41, 5.74) is 0. The van der Waals surface area contributed by atoms with Crippen molar-refractivity contribution in [1.29, 1.82) is 0 Å². The summed E-state index contributed by atoms with van der Waals surface area (Å²) in [4.78, 5) is 12.8. The van der Waals surface area contributed by atoms with Crippen molar-refractivity contribution in [2.45, 2.75) is 269 Å². The number of aliphatic hydroxyl groups is 4. The van der Waals surface area contributed by atoms with Crippen molar-refractivity contribution in [3.05, 3.63) is 0 Å². The second kappa shape index (κ2) is 39.6. The third kappa shape index (κ3) is 30.3. The first-order chi connectivity index (χ1) is 27.4. The molecule has 1 heterocycles. The average Bonchev–Trinajstić information content (AvgIpc) is 3.20. The van der Waals surface area contributed by atoms with Crippen LogP contribution in [0, 0.1) is 0 Å². The van der Waals surface area contributed by atoms with E-state index in [-0.39, 0.29) is 19.2 Å². The number of unbranched alkanes of at least 4 members (excludes halogenated alkanes) is 31. The van der Waals surface area contributed by atoms with E-state index in [0.29, 0.717) is 13.0 Å². The van der Waals surface area contributed by atoms with Gasteiger partial charge in [0, 0.05) is 13.0 Å². The van der Waals surface area contributed by atoms with E-state index < -0.39 is 43.4 Å². The maximum absolute atomic E-state index is 12.8. The molecule has 0 bridgehead atoms. The van der Waals surface area contributed by atoms with Crippen LogP contribution in [0.4, 0.5) is 0 Å². The molecular weight excluding hydrogens is 709 g/mol. The van der Waals surface area contributed by atoms with Gasteiger partial charge in [-0.25, -0.2) is 0 Å². The van der Waals surface area contributed by atoms with Gasteiger partial charge < -0.3 is 39.4 Å². The molecule has 0 aliphatic carbocycles. The Balaban J connectivity index is 2.21. The molecule has 1 fully saturated rings. The second-order valence-electron chi connectivity index (χ2n) is 16.9. The number of hydrogen-bond donors (Lipinski definition) is 4. The minimum absolute atomic E-state index is 0.105. The van der Waals surface area contributed by atoms with Gasteiger partial charge in [-0.3, -0.25) is 4.79 Å². The molecule has 0 amide bonds. The lowest BCUT2D eigenvalue weighted by Gasteiger charge is -2.39. The molecule has 0 saturated carbocycles. The highest BCUT2D eigenvalue weighted by Gasteiger charge is 2.44. The zero-order valence-electron chi connectivity index (χ0n) is 36.7. The molecule has 9 heteroatoms. The number of carbonyl (C=O) groups excluding carboxylic acids is 1. The van der Waals surface area contributed by atoms with Gasteiger partial charge in [0.05, 0.1) is 19.8 Å². The molecule has 1 saturated heterocycles. The Labute approximate surface area is 344 Å². The number of aliphatic hydroxyl groups excluding tert-OH is 4. The lowest BCUT2D eigenvalue weighted by Crippen LogP contribution is -2.59. The lowest BCUT2D eigenvalue weighted by atomic mass is 9.99. The Hall–Kier alpha value is -0.810. The third-order valence-electron chi connectivity index (χ3n) is 11.5. The van der Waals surface area contributed by atoms with Crippen molar-refractivity contribution >= 4 is 5.97 Å². The summed E-state index contributed by atoms with van der Waals surface area (Å²) in [5.74, 6) is -0.306. The number of rotatable bonds is 42. The number of esters is 1. The normalized spacial score (nSPS) is 20.4. The van der Waals surface area contributed by atoms with Crippen LogP contribution in [0.5, 0.6) is 0 Å². The molecule has 4 N–H and O–H groups in total. The molecule has 9 nitrogen and oxygen atoms in total. The van der Waals surface area contributed by atoms with E-state index in [0.717, 1.165) is 32.1 Å². The van der Waals surface area contributed by atoms with Gasteiger partial charge in [0.1, 0.15) is 30.5 Å². The van der Waals surface area contributed by atoms with Crippen LogP contribution in [0.1, 0.15) is 232 Å². The fourth-order valence-electron chi connectivity index (χ4n) is 7.73. The van der Waals surface area contributed by atoms with E-state index >= 15 is 0 Å². The molecule has 0 spiro atoms. The summed E-state index contributed by atoms with van der Waals surface area (Å²) in [6.07, 6.45) is 35.5. The van der Waals surface area contributed by atoms with Crippen molar-refractivity contribution in [2.24, 2.45) is 0 Å². The van der Waals surface area contributed by atoms with Crippen molar-refractivity contribution in [1.82, 2.24) is 0 Å². The molecule has 1 aliphatic heterocycles. The number of hydrogen-bond acceptors (Lipinski definition) is 9. The summed E-state index contributed by atoms with van der Waals surface area (Å²) < 4.78 is 22.9. The van der Waals surface area contributed by atoms with Crippen LogP contribution in [-0.2, 0) is 23.7 Å². The van der Waals surface area contributed by atoms with Crippen LogP contribution in [-0.4, -0.2) is 89.6 Å². The molecule has 1 aliphatic rings. The summed E-state index contributed by atoms with van der Waals surface area (Å²) in [6.45, 7) is 4.62. The Kier molecular flexibility index (Phi) is 37.7. The predicted molar refractivity (Wildman–Crippen MR) is 229 cm³/mol. The molecule has 0 aromatic heterocycles. The molecule has 56 heavy (non-hydrogen) atoms. The number of ether oxygens (including phenoxy) is 4. The van der Waals surface area contributed by atoms with Gasteiger partial charge in [-0.2, -0.15) is 0 Å². The van der Waals surface area contributed by atoms with Crippen molar-refractivity contribution in [3.63, 3.8) is 0 Å². The Morgan fingerprint density at radius 1 is 0.500 bits per heavy atom. The van der Waals surface area contributed by atoms with Crippen LogP contribution in [0.15, 0.2) is 0 Å². The highest BCUT2D eigenvalue weighted by molar-refractivity contribution is 5.69. The topological polar surface area (TPSA) is 135 Å². The van der Waals surface area contributed by atoms with Crippen LogP contribution in [0.2, 0.25) is 0 Å². The third-order valence-corrected chi connectivity index (χ3v) is 11.5. The van der Waals surface area contributed by atoms with Crippen molar-refractivity contribution in [3.8, 4) is 0 Å². The molecule has 1 rings (SSSR count). The van der Waals surface area contributed by atoms with Crippen LogP contribution >= 0.6 is 0 Å². The fraction of sp³-hybridized carbons (Fsp3) is 0.979. The highest BCUT2D eigenvalue weighted by Crippen LogP contribution is 2.23. The van der Waals surface area contributed by atoms with E-state index in [4.69, 9.17) is 18.9 Å². The summed E-state index contributed by atoms with van der Waals surface area (Å²) in [5, 5.41) is 40.1. The smallest absolute Gasteiger partial charge is 0.306 e. The lowest BCUT2D eigenvalue weighted by molar-refractivity contribution is -0.305. The van der Waals surface area contributed by atoms with Gasteiger partial charge in [0.15, 0.2) is 6.29 Å². The Morgan fingerprint density at radius 2 is 0.875 bits per heavy atom. The van der Waals surface area contributed by atoms with E-state index in [1.54, 1.807) is 0 Å². The second-order valence-corrected chi connectivity index (χ2v) is 16.9. The first kappa shape index (κ1) is 53.2. The fourth-order valence-corrected chi connectivity index (χ4v) is 7.73. The van der Waals surface area contributed by atoms with Crippen LogP contribution in [0.3, 0.4) is 0 Å². The Morgan fingerprint density at radius 3 is 1.27 bits per heavy atom. The SMILES string of the molecule is CCCCCCCCCCCCCCCCCCCOCC(COC1OC(CO)C(O)C(O)C1O)OC(=O)CCCCCCCCCCCCCCCCCC. The highest BCUT2D eigenvalue weighted by atomic mass is 16.7. The molecular formula is C47H92O9. The minimum atomic E-state index is -1.53. The van der Waals surface area contributed by atoms with Gasteiger partial charge in [-0.15, -0.1) is 0 Å². The molecule has 0 aromatic rings. The quantitative estimate of drug-likeness (QED) is 0.0351. The average molecular weight is 801 g/mol. The zero-order chi connectivity index (χ0) is 40.7. The van der Waals surface area contributed by atoms with Crippen molar-refractivity contribution < 1.29 is 44.2 Å². The summed E-state index contributed by atoms with van der Waals surface area (Å²) in [7, 11) is 0. The molecule has 6 unspecified atom stereocenters.